The van der Waals surface area contributed by atoms with E-state index in [0.717, 1.165) is 36.8 Å². The number of ether oxygens (including phenoxy) is 2. The molecule has 0 spiro atoms. The first-order chi connectivity index (χ1) is 17.2. The lowest BCUT2D eigenvalue weighted by molar-refractivity contribution is -0.137. The van der Waals surface area contributed by atoms with E-state index in [2.05, 4.69) is 26.8 Å². The summed E-state index contributed by atoms with van der Waals surface area (Å²) >= 11 is 6.33. The molecule has 36 heavy (non-hydrogen) atoms. The molecule has 0 saturated carbocycles. The van der Waals surface area contributed by atoms with Crippen molar-refractivity contribution in [3.63, 3.8) is 0 Å². The van der Waals surface area contributed by atoms with Crippen molar-refractivity contribution in [2.75, 3.05) is 13.7 Å². The number of benzene rings is 1. The van der Waals surface area contributed by atoms with Crippen LogP contribution in [0.15, 0.2) is 34.9 Å². The third kappa shape index (κ3) is 4.83. The molecular formula is C28H34ClNO6. The minimum absolute atomic E-state index is 0.133. The molecule has 2 fully saturated rings. The number of halogens is 1. The maximum absolute atomic E-state index is 13.2. The number of hydrogen-bond donors (Lipinski definition) is 1. The molecule has 1 aliphatic carbocycles. The van der Waals surface area contributed by atoms with Crippen LogP contribution in [0.5, 0.6) is 5.75 Å². The first kappa shape index (κ1) is 26.4. The summed E-state index contributed by atoms with van der Waals surface area (Å²) in [6.07, 6.45) is 4.95. The fraction of sp³-hybridized carbons (Fsp3) is 0.536. The van der Waals surface area contributed by atoms with Gasteiger partial charge in [-0.25, -0.2) is 4.79 Å². The van der Waals surface area contributed by atoms with Gasteiger partial charge in [0, 0.05) is 5.92 Å². The number of fused-ring (bicyclic) bond motifs is 3. The van der Waals surface area contributed by atoms with E-state index in [4.69, 9.17) is 21.1 Å². The zero-order valence-corrected chi connectivity index (χ0v) is 22.0. The van der Waals surface area contributed by atoms with E-state index in [9.17, 15) is 19.5 Å². The van der Waals surface area contributed by atoms with Gasteiger partial charge in [-0.05, 0) is 60.9 Å². The van der Waals surface area contributed by atoms with E-state index in [-0.39, 0.29) is 23.7 Å². The smallest absolute Gasteiger partial charge is 0.423 e. The normalized spacial score (nSPS) is 26.1. The monoisotopic (exact) mass is 515 g/mol. The lowest BCUT2D eigenvalue weighted by Crippen LogP contribution is -2.38. The van der Waals surface area contributed by atoms with Crippen LogP contribution in [0.4, 0.5) is 4.79 Å². The summed E-state index contributed by atoms with van der Waals surface area (Å²) in [6.45, 7) is 6.69. The second kappa shape index (κ2) is 10.8. The van der Waals surface area contributed by atoms with Crippen LogP contribution in [0.25, 0.3) is 6.08 Å². The van der Waals surface area contributed by atoms with Gasteiger partial charge in [-0.1, -0.05) is 56.0 Å². The van der Waals surface area contributed by atoms with Crippen LogP contribution in [-0.4, -0.2) is 47.7 Å². The number of phenols is 1. The van der Waals surface area contributed by atoms with E-state index in [1.807, 2.05) is 6.07 Å². The van der Waals surface area contributed by atoms with Crippen molar-refractivity contribution in [3.8, 4) is 5.75 Å². The third-order valence-electron chi connectivity index (χ3n) is 7.64. The number of nitrogens with zero attached hydrogens (tertiary/aromatic N) is 1. The van der Waals surface area contributed by atoms with Crippen molar-refractivity contribution in [3.05, 3.63) is 45.5 Å². The highest BCUT2D eigenvalue weighted by molar-refractivity contribution is 6.32. The number of phenolic OH excluding ortho intramolecular Hbond substituents is 1. The first-order valence-corrected chi connectivity index (χ1v) is 13.0. The Bertz CT molecular complexity index is 1120. The van der Waals surface area contributed by atoms with Gasteiger partial charge in [-0.15, -0.1) is 0 Å². The van der Waals surface area contributed by atoms with Crippen LogP contribution >= 0.6 is 11.6 Å². The molecule has 0 aromatic heterocycles. The second-order valence-corrected chi connectivity index (χ2v) is 10.6. The Kier molecular flexibility index (Phi) is 7.90. The van der Waals surface area contributed by atoms with Gasteiger partial charge >= 0.3 is 6.09 Å². The van der Waals surface area contributed by atoms with E-state index in [1.54, 1.807) is 6.07 Å². The fourth-order valence-corrected chi connectivity index (χ4v) is 6.22. The number of rotatable bonds is 7. The lowest BCUT2D eigenvalue weighted by atomic mass is 9.67. The predicted octanol–water partition coefficient (Wildman–Crippen LogP) is 5.75. The van der Waals surface area contributed by atoms with Gasteiger partial charge in [0.2, 0.25) is 11.8 Å². The molecule has 0 radical (unpaired) electrons. The number of imide groups is 3. The van der Waals surface area contributed by atoms with Crippen molar-refractivity contribution in [1.82, 2.24) is 4.90 Å². The summed E-state index contributed by atoms with van der Waals surface area (Å²) in [7, 11) is 1.18. The minimum atomic E-state index is -0.912. The van der Waals surface area contributed by atoms with Crippen molar-refractivity contribution >= 4 is 35.6 Å². The SMILES string of the molecule is CCC/C(=C\c1ccc(O)cc1Cl)CC[C@H]1OC[C@H]2C1=C(C(C)C)C[C@H]1C(=O)N(C(=O)OC)C(=O)[C@H]12. The van der Waals surface area contributed by atoms with E-state index >= 15 is 0 Å². The highest BCUT2D eigenvalue weighted by Crippen LogP contribution is 2.51. The minimum Gasteiger partial charge on any atom is -0.508 e. The fourth-order valence-electron chi connectivity index (χ4n) is 5.99. The predicted molar refractivity (Wildman–Crippen MR) is 136 cm³/mol. The largest absolute Gasteiger partial charge is 0.508 e. The molecular weight excluding hydrogens is 482 g/mol. The van der Waals surface area contributed by atoms with Crippen molar-refractivity contribution in [1.29, 1.82) is 0 Å². The first-order valence-electron chi connectivity index (χ1n) is 12.7. The number of carbonyl (C=O) groups excluding carboxylic acids is 3. The molecule has 3 amide bonds. The van der Waals surface area contributed by atoms with Crippen molar-refractivity contribution in [2.45, 2.75) is 59.0 Å². The summed E-state index contributed by atoms with van der Waals surface area (Å²) in [5.74, 6) is -1.94. The maximum Gasteiger partial charge on any atom is 0.423 e. The second-order valence-electron chi connectivity index (χ2n) is 10.2. The van der Waals surface area contributed by atoms with E-state index in [1.165, 1.54) is 24.3 Å². The Labute approximate surface area is 217 Å². The lowest BCUT2D eigenvalue weighted by Gasteiger charge is -2.33. The van der Waals surface area contributed by atoms with Gasteiger partial charge < -0.3 is 14.6 Å². The molecule has 2 heterocycles. The molecule has 2 aliphatic heterocycles. The number of carbonyl (C=O) groups is 3. The van der Waals surface area contributed by atoms with E-state index < -0.39 is 29.7 Å². The van der Waals surface area contributed by atoms with Gasteiger partial charge in [0.25, 0.3) is 0 Å². The molecule has 4 atom stereocenters. The van der Waals surface area contributed by atoms with Crippen molar-refractivity contribution in [2.24, 2.45) is 23.7 Å². The standard InChI is InChI=1S/C28H34ClNO6/c1-5-6-16(11-17-8-9-18(31)12-22(17)29)7-10-23-24-19(15(2)3)13-20-25(21(24)14-36-23)27(33)30(26(20)32)28(34)35-4/h8-9,11-12,15,20-21,23,25,31H,5-7,10,13-14H2,1-4H3/b16-11+/t20-,21+,23-,25-/m1/s1. The highest BCUT2D eigenvalue weighted by Gasteiger charge is 2.59. The van der Waals surface area contributed by atoms with Crippen LogP contribution in [-0.2, 0) is 19.1 Å². The van der Waals surface area contributed by atoms with Gasteiger partial charge in [0.05, 0.1) is 36.7 Å². The Morgan fingerprint density at radius 2 is 2.00 bits per heavy atom. The number of aromatic hydroxyl groups is 1. The highest BCUT2D eigenvalue weighted by atomic mass is 35.5. The van der Waals surface area contributed by atoms with Gasteiger partial charge in [0.1, 0.15) is 5.75 Å². The number of methoxy groups -OCH3 is 1. The third-order valence-corrected chi connectivity index (χ3v) is 7.97. The van der Waals surface area contributed by atoms with Gasteiger partial charge in [-0.3, -0.25) is 9.59 Å². The molecule has 0 unspecified atom stereocenters. The molecule has 7 nitrogen and oxygen atoms in total. The quantitative estimate of drug-likeness (QED) is 0.367. The average molecular weight is 516 g/mol. The number of amides is 3. The zero-order valence-electron chi connectivity index (χ0n) is 21.3. The van der Waals surface area contributed by atoms with Crippen LogP contribution in [0, 0.1) is 23.7 Å². The van der Waals surface area contributed by atoms with Crippen LogP contribution in [0.1, 0.15) is 58.4 Å². The topological polar surface area (TPSA) is 93.1 Å². The van der Waals surface area contributed by atoms with Gasteiger partial charge in [0.15, 0.2) is 0 Å². The summed E-state index contributed by atoms with van der Waals surface area (Å²) in [5.41, 5.74) is 4.40. The number of allylic oxidation sites excluding steroid dienone is 2. The Balaban J connectivity index is 1.59. The zero-order chi connectivity index (χ0) is 26.1. The molecule has 0 bridgehead atoms. The molecule has 194 valence electrons. The molecule has 1 aromatic carbocycles. The number of hydrogen-bond acceptors (Lipinski definition) is 6. The Morgan fingerprint density at radius 3 is 2.64 bits per heavy atom. The Morgan fingerprint density at radius 1 is 1.25 bits per heavy atom. The molecule has 1 N–H and O–H groups in total. The molecule has 1 aromatic rings. The summed E-state index contributed by atoms with van der Waals surface area (Å²) in [5, 5.41) is 10.2. The molecule has 4 rings (SSSR count). The summed E-state index contributed by atoms with van der Waals surface area (Å²) in [4.78, 5) is 39.0. The van der Waals surface area contributed by atoms with E-state index in [0.29, 0.717) is 23.0 Å². The van der Waals surface area contributed by atoms with Gasteiger partial charge in [-0.2, -0.15) is 4.90 Å². The molecule has 3 aliphatic rings. The van der Waals surface area contributed by atoms with Crippen LogP contribution in [0.2, 0.25) is 5.02 Å². The summed E-state index contributed by atoms with van der Waals surface area (Å²) < 4.78 is 11.0. The number of likely N-dealkylation sites (tertiary alicyclic amines) is 1. The molecule has 2 saturated heterocycles. The van der Waals surface area contributed by atoms with Crippen LogP contribution < -0.4 is 0 Å². The Hall–Kier alpha value is -2.64. The maximum atomic E-state index is 13.2. The van der Waals surface area contributed by atoms with Crippen LogP contribution in [0.3, 0.4) is 0 Å². The van der Waals surface area contributed by atoms with Crippen molar-refractivity contribution < 1.29 is 29.0 Å². The average Bonchev–Trinajstić information content (AvgIpc) is 3.36. The molecule has 8 heteroatoms. The summed E-state index contributed by atoms with van der Waals surface area (Å²) in [6, 6.07) is 4.98.